The fraction of sp³-hybridized carbons (Fsp3) is 0.286. The number of aromatic nitrogens is 3. The fourth-order valence-corrected chi connectivity index (χ4v) is 3.88. The van der Waals surface area contributed by atoms with E-state index in [2.05, 4.69) is 22.5 Å². The Morgan fingerprint density at radius 2 is 2.04 bits per heavy atom. The molecule has 3 aromatic heterocycles. The number of carbonyl (C=O) groups excluding carboxylic acids is 1. The molecule has 1 aliphatic rings. The largest absolute Gasteiger partial charge is 0.472 e. The van der Waals surface area contributed by atoms with Crippen molar-refractivity contribution in [2.45, 2.75) is 25.8 Å². The number of furan rings is 1. The molecule has 1 fully saturated rings. The van der Waals surface area contributed by atoms with Crippen LogP contribution in [-0.4, -0.2) is 44.5 Å². The van der Waals surface area contributed by atoms with Crippen LogP contribution >= 0.6 is 0 Å². The number of hydrogen-bond donors (Lipinski definition) is 1. The second kappa shape index (κ2) is 6.67. The van der Waals surface area contributed by atoms with Crippen LogP contribution in [0.2, 0.25) is 0 Å². The van der Waals surface area contributed by atoms with Crippen molar-refractivity contribution in [3.63, 3.8) is 0 Å². The average molecular weight is 375 g/mol. The van der Waals surface area contributed by atoms with Crippen LogP contribution in [0.1, 0.15) is 28.9 Å². The molecule has 0 atom stereocenters. The lowest BCUT2D eigenvalue weighted by Gasteiger charge is -2.32. The van der Waals surface area contributed by atoms with E-state index in [9.17, 15) is 4.79 Å². The number of anilines is 1. The Morgan fingerprint density at radius 1 is 1.21 bits per heavy atom. The monoisotopic (exact) mass is 375 g/mol. The number of para-hydroxylation sites is 1. The van der Waals surface area contributed by atoms with Crippen molar-refractivity contribution < 1.29 is 9.21 Å². The third-order valence-electron chi connectivity index (χ3n) is 5.32. The van der Waals surface area contributed by atoms with Crippen molar-refractivity contribution in [1.29, 1.82) is 0 Å². The first-order valence-corrected chi connectivity index (χ1v) is 9.52. The zero-order valence-corrected chi connectivity index (χ0v) is 15.6. The van der Waals surface area contributed by atoms with Gasteiger partial charge in [0.15, 0.2) is 5.65 Å². The van der Waals surface area contributed by atoms with E-state index in [1.807, 2.05) is 34.5 Å². The molecule has 142 valence electrons. The summed E-state index contributed by atoms with van der Waals surface area (Å²) in [5.41, 5.74) is 3.43. The third-order valence-corrected chi connectivity index (χ3v) is 5.32. The molecule has 0 bridgehead atoms. The summed E-state index contributed by atoms with van der Waals surface area (Å²) in [7, 11) is 0. The number of amides is 1. The van der Waals surface area contributed by atoms with Gasteiger partial charge in [-0.2, -0.15) is 5.10 Å². The minimum absolute atomic E-state index is 0.0342. The summed E-state index contributed by atoms with van der Waals surface area (Å²) < 4.78 is 6.92. The Bertz CT molecular complexity index is 1140. The van der Waals surface area contributed by atoms with Crippen molar-refractivity contribution >= 4 is 28.3 Å². The van der Waals surface area contributed by atoms with Crippen molar-refractivity contribution in [2.75, 3.05) is 18.4 Å². The molecule has 1 aliphatic heterocycles. The number of carbonyl (C=O) groups is 1. The normalized spacial score (nSPS) is 15.4. The summed E-state index contributed by atoms with van der Waals surface area (Å²) in [6.45, 7) is 3.41. The molecule has 0 saturated carbocycles. The zero-order valence-electron chi connectivity index (χ0n) is 15.6. The zero-order chi connectivity index (χ0) is 19.1. The van der Waals surface area contributed by atoms with E-state index < -0.39 is 0 Å². The quantitative estimate of drug-likeness (QED) is 0.593. The Hall–Kier alpha value is -3.35. The van der Waals surface area contributed by atoms with Crippen LogP contribution in [0.15, 0.2) is 53.3 Å². The Labute approximate surface area is 162 Å². The highest BCUT2D eigenvalue weighted by Crippen LogP contribution is 2.26. The number of fused-ring (bicyclic) bond motifs is 3. The first kappa shape index (κ1) is 16.8. The summed E-state index contributed by atoms with van der Waals surface area (Å²) in [6, 6.07) is 12.1. The Kier molecular flexibility index (Phi) is 4.00. The van der Waals surface area contributed by atoms with E-state index >= 15 is 0 Å². The van der Waals surface area contributed by atoms with E-state index in [1.54, 1.807) is 6.07 Å². The third kappa shape index (κ3) is 2.89. The molecule has 7 nitrogen and oxygen atoms in total. The fourth-order valence-electron chi connectivity index (χ4n) is 3.88. The molecule has 28 heavy (non-hydrogen) atoms. The van der Waals surface area contributed by atoms with Crippen LogP contribution in [0.5, 0.6) is 0 Å². The van der Waals surface area contributed by atoms with Crippen LogP contribution < -0.4 is 5.32 Å². The van der Waals surface area contributed by atoms with Gasteiger partial charge in [0.25, 0.3) is 5.91 Å². The summed E-state index contributed by atoms with van der Waals surface area (Å²) in [4.78, 5) is 19.2. The van der Waals surface area contributed by atoms with E-state index in [1.165, 1.54) is 12.5 Å². The standard InChI is InChI=1S/C21H21N5O2/c1-14-12-19-23-20(17-4-2-3-5-18(17)26(19)24-14)22-16-6-9-25(10-7-16)21(27)15-8-11-28-13-15/h2-5,8,11-13,16H,6-7,9-10H2,1H3,(H,22,23). The number of aryl methyl sites for hydroxylation is 1. The molecule has 0 spiro atoms. The molecule has 0 aliphatic carbocycles. The number of nitrogens with zero attached hydrogens (tertiary/aromatic N) is 4. The predicted octanol–water partition coefficient (Wildman–Crippen LogP) is 3.50. The lowest BCUT2D eigenvalue weighted by Crippen LogP contribution is -2.42. The molecular formula is C21H21N5O2. The van der Waals surface area contributed by atoms with Crippen molar-refractivity contribution in [1.82, 2.24) is 19.5 Å². The number of likely N-dealkylation sites (tertiary alicyclic amines) is 1. The highest BCUT2D eigenvalue weighted by Gasteiger charge is 2.25. The van der Waals surface area contributed by atoms with Gasteiger partial charge in [-0.25, -0.2) is 9.50 Å². The van der Waals surface area contributed by atoms with Gasteiger partial charge in [0, 0.05) is 30.6 Å². The van der Waals surface area contributed by atoms with E-state index in [4.69, 9.17) is 9.40 Å². The van der Waals surface area contributed by atoms with Crippen LogP contribution in [0.3, 0.4) is 0 Å². The maximum Gasteiger partial charge on any atom is 0.257 e. The van der Waals surface area contributed by atoms with Gasteiger partial charge in [0.2, 0.25) is 0 Å². The number of rotatable bonds is 3. The lowest BCUT2D eigenvalue weighted by atomic mass is 10.0. The first-order chi connectivity index (χ1) is 13.7. The van der Waals surface area contributed by atoms with Crippen molar-refractivity contribution in [3.05, 3.63) is 60.2 Å². The van der Waals surface area contributed by atoms with Gasteiger partial charge in [0.05, 0.1) is 23.0 Å². The number of benzene rings is 1. The van der Waals surface area contributed by atoms with Crippen molar-refractivity contribution in [2.24, 2.45) is 0 Å². The second-order valence-corrected chi connectivity index (χ2v) is 7.26. The molecule has 1 N–H and O–H groups in total. The second-order valence-electron chi connectivity index (χ2n) is 7.26. The molecule has 1 amide bonds. The number of hydrogen-bond acceptors (Lipinski definition) is 5. The topological polar surface area (TPSA) is 75.7 Å². The predicted molar refractivity (Wildman–Crippen MR) is 106 cm³/mol. The molecule has 0 unspecified atom stereocenters. The highest BCUT2D eigenvalue weighted by molar-refractivity contribution is 5.94. The number of piperidine rings is 1. The highest BCUT2D eigenvalue weighted by atomic mass is 16.3. The summed E-state index contributed by atoms with van der Waals surface area (Å²) in [5.74, 6) is 0.912. The van der Waals surface area contributed by atoms with Gasteiger partial charge in [-0.1, -0.05) is 12.1 Å². The molecule has 1 aromatic carbocycles. The molecule has 5 rings (SSSR count). The van der Waals surface area contributed by atoms with E-state index in [-0.39, 0.29) is 11.9 Å². The van der Waals surface area contributed by atoms with Crippen LogP contribution in [-0.2, 0) is 0 Å². The molecule has 7 heteroatoms. The van der Waals surface area contributed by atoms with Gasteiger partial charge >= 0.3 is 0 Å². The summed E-state index contributed by atoms with van der Waals surface area (Å²) in [5, 5.41) is 9.22. The van der Waals surface area contributed by atoms with Gasteiger partial charge in [-0.3, -0.25) is 4.79 Å². The van der Waals surface area contributed by atoms with E-state index in [0.717, 1.165) is 40.9 Å². The average Bonchev–Trinajstić information content (AvgIpc) is 3.37. The lowest BCUT2D eigenvalue weighted by molar-refractivity contribution is 0.0717. The molecule has 1 saturated heterocycles. The van der Waals surface area contributed by atoms with Crippen LogP contribution in [0, 0.1) is 6.92 Å². The minimum Gasteiger partial charge on any atom is -0.472 e. The summed E-state index contributed by atoms with van der Waals surface area (Å²) >= 11 is 0. The molecule has 4 aromatic rings. The SMILES string of the molecule is Cc1cc2nc(NC3CCN(C(=O)c4ccoc4)CC3)c3ccccc3n2n1. The smallest absolute Gasteiger partial charge is 0.257 e. The van der Waals surface area contributed by atoms with Crippen LogP contribution in [0.4, 0.5) is 5.82 Å². The van der Waals surface area contributed by atoms with Crippen LogP contribution in [0.25, 0.3) is 16.6 Å². The van der Waals surface area contributed by atoms with Crippen molar-refractivity contribution in [3.8, 4) is 0 Å². The summed E-state index contributed by atoms with van der Waals surface area (Å²) in [6.07, 6.45) is 4.80. The van der Waals surface area contributed by atoms with Gasteiger partial charge in [0.1, 0.15) is 12.1 Å². The number of nitrogens with one attached hydrogen (secondary N) is 1. The minimum atomic E-state index is 0.0342. The van der Waals surface area contributed by atoms with Gasteiger partial charge in [-0.15, -0.1) is 0 Å². The first-order valence-electron chi connectivity index (χ1n) is 9.52. The molecule has 4 heterocycles. The Balaban J connectivity index is 1.37. The molecular weight excluding hydrogens is 354 g/mol. The van der Waals surface area contributed by atoms with Gasteiger partial charge in [-0.05, 0) is 38.0 Å². The maximum atomic E-state index is 12.5. The molecule has 0 radical (unpaired) electrons. The Morgan fingerprint density at radius 3 is 2.82 bits per heavy atom. The van der Waals surface area contributed by atoms with E-state index in [0.29, 0.717) is 18.7 Å². The maximum absolute atomic E-state index is 12.5. The van der Waals surface area contributed by atoms with Gasteiger partial charge < -0.3 is 14.6 Å².